The molecular weight excluding hydrogens is 304 g/mol. The highest BCUT2D eigenvalue weighted by atomic mass is 79.9. The lowest BCUT2D eigenvalue weighted by molar-refractivity contribution is 0.0433. The minimum atomic E-state index is -0.0458. The Morgan fingerprint density at radius 1 is 1.37 bits per heavy atom. The molecule has 1 aromatic rings. The molecule has 1 aliphatic carbocycles. The fraction of sp³-hybridized carbons (Fsp3) is 0.600. The number of hydrogen-bond donors (Lipinski definition) is 1. The zero-order valence-corrected chi connectivity index (χ0v) is 12.5. The van der Waals surface area contributed by atoms with Crippen molar-refractivity contribution in [3.8, 4) is 5.75 Å². The van der Waals surface area contributed by atoms with Gasteiger partial charge in [0.05, 0.1) is 0 Å². The predicted molar refractivity (Wildman–Crippen MR) is 78.3 cm³/mol. The molecule has 4 heteroatoms. The SMILES string of the molecule is N[C@@H]1CC2(CCN(C3CC3)C2)Oc2cc(Br)ccc21. The van der Waals surface area contributed by atoms with E-state index in [-0.39, 0.29) is 11.6 Å². The van der Waals surface area contributed by atoms with Gasteiger partial charge in [-0.3, -0.25) is 4.90 Å². The Labute approximate surface area is 122 Å². The first-order valence-electron chi connectivity index (χ1n) is 7.13. The van der Waals surface area contributed by atoms with Crippen LogP contribution in [0.4, 0.5) is 0 Å². The van der Waals surface area contributed by atoms with Crippen LogP contribution in [-0.2, 0) is 0 Å². The van der Waals surface area contributed by atoms with E-state index in [1.165, 1.54) is 19.4 Å². The molecule has 2 N–H and O–H groups in total. The zero-order valence-electron chi connectivity index (χ0n) is 10.9. The molecule has 1 saturated heterocycles. The van der Waals surface area contributed by atoms with Gasteiger partial charge in [0, 0.05) is 48.1 Å². The van der Waals surface area contributed by atoms with Crippen molar-refractivity contribution in [2.45, 2.75) is 43.4 Å². The topological polar surface area (TPSA) is 38.5 Å². The summed E-state index contributed by atoms with van der Waals surface area (Å²) in [7, 11) is 0. The van der Waals surface area contributed by atoms with E-state index in [0.717, 1.165) is 41.2 Å². The second-order valence-corrected chi connectivity index (χ2v) is 7.15. The van der Waals surface area contributed by atoms with Crippen LogP contribution in [0.1, 0.15) is 37.3 Å². The van der Waals surface area contributed by atoms with Gasteiger partial charge in [0.1, 0.15) is 11.4 Å². The van der Waals surface area contributed by atoms with Crippen LogP contribution in [0.5, 0.6) is 5.75 Å². The summed E-state index contributed by atoms with van der Waals surface area (Å²) < 4.78 is 7.45. The van der Waals surface area contributed by atoms with E-state index in [4.69, 9.17) is 10.5 Å². The molecule has 2 fully saturated rings. The molecule has 1 aromatic carbocycles. The molecule has 1 spiro atoms. The van der Waals surface area contributed by atoms with Gasteiger partial charge in [-0.2, -0.15) is 0 Å². The van der Waals surface area contributed by atoms with Crippen molar-refractivity contribution in [1.29, 1.82) is 0 Å². The molecule has 1 saturated carbocycles. The normalized spacial score (nSPS) is 34.3. The molecule has 2 heterocycles. The van der Waals surface area contributed by atoms with Crippen molar-refractivity contribution in [2.24, 2.45) is 5.73 Å². The summed E-state index contributed by atoms with van der Waals surface area (Å²) in [6.45, 7) is 2.22. The average Bonchev–Trinajstić information content (AvgIpc) is 3.13. The summed E-state index contributed by atoms with van der Waals surface area (Å²) in [6, 6.07) is 7.13. The summed E-state index contributed by atoms with van der Waals surface area (Å²) in [4.78, 5) is 2.59. The third-order valence-electron chi connectivity index (χ3n) is 4.70. The molecule has 3 nitrogen and oxygen atoms in total. The summed E-state index contributed by atoms with van der Waals surface area (Å²) in [5.74, 6) is 0.978. The summed E-state index contributed by atoms with van der Waals surface area (Å²) in [5.41, 5.74) is 7.48. The number of rotatable bonds is 1. The van der Waals surface area contributed by atoms with Gasteiger partial charge in [-0.25, -0.2) is 0 Å². The van der Waals surface area contributed by atoms with Crippen molar-refractivity contribution < 1.29 is 4.74 Å². The highest BCUT2D eigenvalue weighted by molar-refractivity contribution is 9.10. The first-order chi connectivity index (χ1) is 9.15. The maximum absolute atomic E-state index is 6.39. The molecule has 4 rings (SSSR count). The molecule has 2 aliphatic heterocycles. The second-order valence-electron chi connectivity index (χ2n) is 6.23. The lowest BCUT2D eigenvalue weighted by atomic mass is 9.87. The lowest BCUT2D eigenvalue weighted by Gasteiger charge is -2.39. The highest BCUT2D eigenvalue weighted by Gasteiger charge is 2.48. The smallest absolute Gasteiger partial charge is 0.126 e. The van der Waals surface area contributed by atoms with Crippen molar-refractivity contribution in [3.63, 3.8) is 0 Å². The van der Waals surface area contributed by atoms with Crippen LogP contribution in [0.3, 0.4) is 0 Å². The molecule has 0 bridgehead atoms. The number of nitrogens with zero attached hydrogens (tertiary/aromatic N) is 1. The van der Waals surface area contributed by atoms with Crippen LogP contribution in [0.2, 0.25) is 0 Å². The third kappa shape index (κ3) is 2.10. The number of nitrogens with two attached hydrogens (primary N) is 1. The van der Waals surface area contributed by atoms with Crippen molar-refractivity contribution in [2.75, 3.05) is 13.1 Å². The van der Waals surface area contributed by atoms with Gasteiger partial charge in [0.25, 0.3) is 0 Å². The fourth-order valence-corrected chi connectivity index (χ4v) is 3.91. The van der Waals surface area contributed by atoms with E-state index in [0.29, 0.717) is 0 Å². The minimum Gasteiger partial charge on any atom is -0.485 e. The molecule has 0 amide bonds. The Morgan fingerprint density at radius 2 is 2.21 bits per heavy atom. The van der Waals surface area contributed by atoms with Gasteiger partial charge in [0.15, 0.2) is 0 Å². The van der Waals surface area contributed by atoms with Gasteiger partial charge in [-0.1, -0.05) is 22.0 Å². The number of halogens is 1. The summed E-state index contributed by atoms with van der Waals surface area (Å²) in [5, 5.41) is 0. The van der Waals surface area contributed by atoms with Gasteiger partial charge in [0.2, 0.25) is 0 Å². The van der Waals surface area contributed by atoms with E-state index >= 15 is 0 Å². The minimum absolute atomic E-state index is 0.0458. The standard InChI is InChI=1S/C15H19BrN2O/c16-10-1-4-12-13(17)8-15(19-14(12)7-10)5-6-18(9-15)11-2-3-11/h1,4,7,11,13H,2-3,5-6,8-9,17H2/t13-,15?/m1/s1. The van der Waals surface area contributed by atoms with E-state index in [1.807, 2.05) is 6.07 Å². The van der Waals surface area contributed by atoms with Crippen molar-refractivity contribution in [3.05, 3.63) is 28.2 Å². The predicted octanol–water partition coefficient (Wildman–Crippen LogP) is 2.84. The van der Waals surface area contributed by atoms with Crippen LogP contribution in [-0.4, -0.2) is 29.6 Å². The van der Waals surface area contributed by atoms with Gasteiger partial charge < -0.3 is 10.5 Å². The lowest BCUT2D eigenvalue weighted by Crippen LogP contribution is -2.45. The van der Waals surface area contributed by atoms with E-state index in [9.17, 15) is 0 Å². The Kier molecular flexibility index (Phi) is 2.70. The molecule has 3 aliphatic rings. The Morgan fingerprint density at radius 3 is 3.00 bits per heavy atom. The quantitative estimate of drug-likeness (QED) is 0.864. The number of benzene rings is 1. The molecule has 0 radical (unpaired) electrons. The van der Waals surface area contributed by atoms with Crippen LogP contribution in [0, 0.1) is 0 Å². The maximum Gasteiger partial charge on any atom is 0.126 e. The molecule has 0 aromatic heterocycles. The van der Waals surface area contributed by atoms with Crippen molar-refractivity contribution in [1.82, 2.24) is 4.90 Å². The Hall–Kier alpha value is -0.580. The maximum atomic E-state index is 6.39. The fourth-order valence-electron chi connectivity index (χ4n) is 3.57. The molecule has 2 atom stereocenters. The monoisotopic (exact) mass is 322 g/mol. The molecule has 19 heavy (non-hydrogen) atoms. The number of fused-ring (bicyclic) bond motifs is 1. The Bertz CT molecular complexity index is 517. The third-order valence-corrected chi connectivity index (χ3v) is 5.20. The van der Waals surface area contributed by atoms with E-state index < -0.39 is 0 Å². The van der Waals surface area contributed by atoms with Gasteiger partial charge >= 0.3 is 0 Å². The van der Waals surface area contributed by atoms with Crippen LogP contribution >= 0.6 is 15.9 Å². The van der Waals surface area contributed by atoms with Gasteiger partial charge in [-0.15, -0.1) is 0 Å². The van der Waals surface area contributed by atoms with Crippen LogP contribution in [0.25, 0.3) is 0 Å². The van der Waals surface area contributed by atoms with Crippen LogP contribution in [0.15, 0.2) is 22.7 Å². The molecule has 1 unspecified atom stereocenters. The van der Waals surface area contributed by atoms with Gasteiger partial charge in [-0.05, 0) is 25.0 Å². The summed E-state index contributed by atoms with van der Waals surface area (Å²) >= 11 is 3.52. The molecule has 102 valence electrons. The number of ether oxygens (including phenoxy) is 1. The molecular formula is C15H19BrN2O. The Balaban J connectivity index is 1.63. The van der Waals surface area contributed by atoms with E-state index in [1.54, 1.807) is 0 Å². The average molecular weight is 323 g/mol. The van der Waals surface area contributed by atoms with E-state index in [2.05, 4.69) is 33.0 Å². The zero-order chi connectivity index (χ0) is 13.0. The first-order valence-corrected chi connectivity index (χ1v) is 7.93. The largest absolute Gasteiger partial charge is 0.485 e. The first kappa shape index (κ1) is 12.2. The highest BCUT2D eigenvalue weighted by Crippen LogP contribution is 2.45. The second kappa shape index (κ2) is 4.21. The summed E-state index contributed by atoms with van der Waals surface area (Å²) in [6.07, 6.45) is 4.79. The van der Waals surface area contributed by atoms with Crippen LogP contribution < -0.4 is 10.5 Å². The van der Waals surface area contributed by atoms with Crippen molar-refractivity contribution >= 4 is 15.9 Å². The number of likely N-dealkylation sites (tertiary alicyclic amines) is 1. The number of hydrogen-bond acceptors (Lipinski definition) is 3.